The maximum atomic E-state index is 10.5. The summed E-state index contributed by atoms with van der Waals surface area (Å²) in [5, 5.41) is 4.40. The lowest BCUT2D eigenvalue weighted by Gasteiger charge is -2.12. The number of pyridine rings is 3. The molecule has 1 aliphatic carbocycles. The predicted molar refractivity (Wildman–Crippen MR) is 156 cm³/mol. The lowest BCUT2D eigenvalue weighted by molar-refractivity contribution is 0.1000. The number of rotatable bonds is 4. The maximum Gasteiger partial charge on any atom is 0.250 e. The number of aryl methyl sites for hydroxylation is 4. The summed E-state index contributed by atoms with van der Waals surface area (Å²) in [4.78, 5) is 32.7. The third-order valence-electron chi connectivity index (χ3n) is 6.95. The van der Waals surface area contributed by atoms with E-state index in [1.54, 1.807) is 29.3 Å². The average molecular weight is 545 g/mol. The monoisotopic (exact) mass is 544 g/mol. The molecule has 11 nitrogen and oxygen atoms in total. The molecule has 4 N–H and O–H groups in total. The van der Waals surface area contributed by atoms with Gasteiger partial charge in [-0.05, 0) is 92.8 Å². The number of imidazole rings is 1. The molecule has 11 heteroatoms. The van der Waals surface area contributed by atoms with E-state index in [1.165, 1.54) is 23.7 Å². The normalized spacial score (nSPS) is 12.1. The summed E-state index contributed by atoms with van der Waals surface area (Å²) in [5.74, 6) is 2.09. The zero-order valence-electron chi connectivity index (χ0n) is 22.7. The first-order chi connectivity index (χ1) is 19.9. The number of aromatic nitrogens is 8. The van der Waals surface area contributed by atoms with Crippen molar-refractivity contribution in [3.8, 4) is 22.9 Å². The number of hydrogen-bond acceptors (Lipinski definition) is 8. The Morgan fingerprint density at radius 2 is 1.78 bits per heavy atom. The van der Waals surface area contributed by atoms with Gasteiger partial charge in [-0.3, -0.25) is 14.3 Å². The molecular weight excluding hydrogens is 516 g/mol. The van der Waals surface area contributed by atoms with Gasteiger partial charge in [0.05, 0.1) is 11.1 Å². The van der Waals surface area contributed by atoms with Crippen molar-refractivity contribution < 1.29 is 4.79 Å². The van der Waals surface area contributed by atoms with Crippen LogP contribution in [0.3, 0.4) is 0 Å². The number of carbonyl (C=O) groups is 1. The van der Waals surface area contributed by atoms with Gasteiger partial charge in [0.25, 0.3) is 0 Å². The molecule has 0 unspecified atom stereocenters. The third kappa shape index (κ3) is 5.12. The smallest absolute Gasteiger partial charge is 0.250 e. The molecule has 0 spiro atoms. The van der Waals surface area contributed by atoms with Gasteiger partial charge < -0.3 is 11.5 Å². The number of anilines is 1. The number of nitrogen functional groups attached to an aromatic ring is 1. The first-order valence-electron chi connectivity index (χ1n) is 13.2. The quantitative estimate of drug-likeness (QED) is 0.338. The van der Waals surface area contributed by atoms with E-state index in [4.69, 9.17) is 21.4 Å². The van der Waals surface area contributed by atoms with Crippen molar-refractivity contribution in [2.24, 2.45) is 5.73 Å². The minimum atomic E-state index is -0.438. The van der Waals surface area contributed by atoms with Gasteiger partial charge in [0, 0.05) is 23.8 Å². The van der Waals surface area contributed by atoms with Crippen LogP contribution in [0.25, 0.3) is 34.1 Å². The molecule has 1 amide bonds. The van der Waals surface area contributed by atoms with E-state index in [2.05, 4.69) is 42.8 Å². The second-order valence-electron chi connectivity index (χ2n) is 9.81. The lowest BCUT2D eigenvalue weighted by atomic mass is 10.1. The summed E-state index contributed by atoms with van der Waals surface area (Å²) >= 11 is 0. The van der Waals surface area contributed by atoms with Crippen molar-refractivity contribution in [1.82, 2.24) is 39.3 Å². The SMILES string of the molecule is Cc1ccc(C(N)=O)cn1.Cc1ncn(-c2ccc3nc(-c4cccnc4N)n(-c4ccc5c(c4)CCC5)c3n2)n1. The Morgan fingerprint density at radius 1 is 0.927 bits per heavy atom. The molecule has 0 bridgehead atoms. The van der Waals surface area contributed by atoms with Crippen molar-refractivity contribution in [2.45, 2.75) is 33.1 Å². The van der Waals surface area contributed by atoms with Crippen LogP contribution >= 0.6 is 0 Å². The van der Waals surface area contributed by atoms with Crippen LogP contribution in [-0.4, -0.2) is 45.2 Å². The fourth-order valence-corrected chi connectivity index (χ4v) is 4.87. The van der Waals surface area contributed by atoms with Crippen LogP contribution in [-0.2, 0) is 12.8 Å². The third-order valence-corrected chi connectivity index (χ3v) is 6.95. The molecule has 5 heterocycles. The second-order valence-corrected chi connectivity index (χ2v) is 9.81. The summed E-state index contributed by atoms with van der Waals surface area (Å²) < 4.78 is 3.74. The highest BCUT2D eigenvalue weighted by Gasteiger charge is 2.20. The van der Waals surface area contributed by atoms with E-state index in [0.29, 0.717) is 23.0 Å². The van der Waals surface area contributed by atoms with E-state index < -0.39 is 5.91 Å². The molecular formula is C30H28N10O. The van der Waals surface area contributed by atoms with E-state index >= 15 is 0 Å². The number of benzene rings is 1. The average Bonchev–Trinajstić information content (AvgIpc) is 3.71. The van der Waals surface area contributed by atoms with Gasteiger partial charge in [-0.1, -0.05) is 6.07 Å². The molecule has 0 radical (unpaired) electrons. The molecule has 41 heavy (non-hydrogen) atoms. The molecule has 0 aliphatic heterocycles. The van der Waals surface area contributed by atoms with E-state index in [9.17, 15) is 4.79 Å². The van der Waals surface area contributed by atoms with E-state index in [0.717, 1.165) is 46.8 Å². The summed E-state index contributed by atoms with van der Waals surface area (Å²) in [6.07, 6.45) is 8.25. The Balaban J connectivity index is 0.000000258. The topological polar surface area (TPSA) is 156 Å². The number of amides is 1. The molecule has 7 rings (SSSR count). The van der Waals surface area contributed by atoms with Crippen LogP contribution in [0.15, 0.2) is 73.3 Å². The molecule has 0 saturated heterocycles. The zero-order chi connectivity index (χ0) is 28.5. The van der Waals surface area contributed by atoms with Crippen LogP contribution in [0.5, 0.6) is 0 Å². The van der Waals surface area contributed by atoms with Crippen molar-refractivity contribution >= 4 is 22.9 Å². The van der Waals surface area contributed by atoms with Crippen molar-refractivity contribution in [2.75, 3.05) is 5.73 Å². The van der Waals surface area contributed by atoms with Gasteiger partial charge in [-0.2, -0.15) is 5.10 Å². The summed E-state index contributed by atoms with van der Waals surface area (Å²) in [6, 6.07) is 17.7. The van der Waals surface area contributed by atoms with Crippen LogP contribution < -0.4 is 11.5 Å². The van der Waals surface area contributed by atoms with Crippen LogP contribution in [0.1, 0.15) is 39.4 Å². The zero-order valence-corrected chi connectivity index (χ0v) is 22.7. The van der Waals surface area contributed by atoms with Crippen molar-refractivity contribution in [1.29, 1.82) is 0 Å². The Morgan fingerprint density at radius 3 is 2.51 bits per heavy atom. The standard InChI is InChI=1S/C23H20N8.C7H8N2O/c1-14-26-13-30(29-14)20-10-9-19-23(28-20)31(17-8-7-15-4-2-5-16(15)12-17)22(27-19)18-6-3-11-25-21(18)24;1-5-2-3-6(4-9-5)7(8)10/h3,6-13H,2,4-5H2,1H3,(H2,24,25);2-4H,1H3,(H2,8,10). The maximum absolute atomic E-state index is 10.5. The molecule has 6 aromatic rings. The fraction of sp³-hybridized carbons (Fsp3) is 0.167. The van der Waals surface area contributed by atoms with Crippen LogP contribution in [0.2, 0.25) is 0 Å². The predicted octanol–water partition coefficient (Wildman–Crippen LogP) is 3.93. The number of nitrogens with zero attached hydrogens (tertiary/aromatic N) is 8. The molecule has 1 aromatic carbocycles. The highest BCUT2D eigenvalue weighted by molar-refractivity contribution is 5.92. The van der Waals surface area contributed by atoms with Gasteiger partial charge in [0.2, 0.25) is 5.91 Å². The fourth-order valence-electron chi connectivity index (χ4n) is 4.87. The summed E-state index contributed by atoms with van der Waals surface area (Å²) in [5.41, 5.74) is 18.6. The first-order valence-corrected chi connectivity index (χ1v) is 13.2. The number of carbonyl (C=O) groups excluding carboxylic acids is 1. The Kier molecular flexibility index (Phi) is 6.68. The van der Waals surface area contributed by atoms with Crippen LogP contribution in [0.4, 0.5) is 5.82 Å². The van der Waals surface area contributed by atoms with Crippen LogP contribution in [0, 0.1) is 13.8 Å². The molecule has 1 aliphatic rings. The highest BCUT2D eigenvalue weighted by Crippen LogP contribution is 2.32. The van der Waals surface area contributed by atoms with Crippen molar-refractivity contribution in [3.63, 3.8) is 0 Å². The molecule has 0 fully saturated rings. The van der Waals surface area contributed by atoms with E-state index in [1.807, 2.05) is 38.1 Å². The number of fused-ring (bicyclic) bond motifs is 2. The lowest BCUT2D eigenvalue weighted by Crippen LogP contribution is -2.10. The minimum absolute atomic E-state index is 0.437. The summed E-state index contributed by atoms with van der Waals surface area (Å²) in [6.45, 7) is 3.71. The molecule has 0 atom stereocenters. The summed E-state index contributed by atoms with van der Waals surface area (Å²) in [7, 11) is 0. The molecule has 5 aromatic heterocycles. The van der Waals surface area contributed by atoms with Gasteiger partial charge >= 0.3 is 0 Å². The minimum Gasteiger partial charge on any atom is -0.383 e. The Labute approximate surface area is 235 Å². The van der Waals surface area contributed by atoms with Gasteiger partial charge in [-0.25, -0.2) is 24.6 Å². The van der Waals surface area contributed by atoms with Gasteiger partial charge in [-0.15, -0.1) is 0 Å². The second kappa shape index (κ2) is 10.6. The molecule has 204 valence electrons. The Bertz CT molecular complexity index is 1890. The van der Waals surface area contributed by atoms with Crippen molar-refractivity contribution in [3.05, 3.63) is 102 Å². The molecule has 0 saturated carbocycles. The van der Waals surface area contributed by atoms with Gasteiger partial charge in [0.1, 0.15) is 23.5 Å². The number of hydrogen-bond donors (Lipinski definition) is 2. The highest BCUT2D eigenvalue weighted by atomic mass is 16.1. The number of primary amides is 1. The first kappa shape index (κ1) is 25.8. The largest absolute Gasteiger partial charge is 0.383 e. The van der Waals surface area contributed by atoms with Gasteiger partial charge in [0.15, 0.2) is 17.3 Å². The van der Waals surface area contributed by atoms with E-state index in [-0.39, 0.29) is 0 Å². The Hall–Kier alpha value is -5.45. The number of nitrogens with two attached hydrogens (primary N) is 2.